The first kappa shape index (κ1) is 29.9. The Morgan fingerprint density at radius 2 is 1.53 bits per heavy atom. The Bertz CT molecular complexity index is 1730. The molecule has 10 heteroatoms. The van der Waals surface area contributed by atoms with Crippen molar-refractivity contribution >= 4 is 38.4 Å². The number of fused-ring (bicyclic) bond motifs is 1. The van der Waals surface area contributed by atoms with Crippen LogP contribution in [0.5, 0.6) is 0 Å². The molecule has 0 aliphatic carbocycles. The number of nitrogens with two attached hydrogens (primary N) is 1. The third kappa shape index (κ3) is 7.46. The van der Waals surface area contributed by atoms with Crippen molar-refractivity contribution in [3.8, 4) is 0 Å². The molecular weight excluding hydrogens is 562 g/mol. The summed E-state index contributed by atoms with van der Waals surface area (Å²) in [7, 11) is -4.07. The van der Waals surface area contributed by atoms with E-state index < -0.39 is 16.1 Å². The summed E-state index contributed by atoms with van der Waals surface area (Å²) >= 11 is 0. The number of amides is 2. The van der Waals surface area contributed by atoms with E-state index in [0.29, 0.717) is 43.6 Å². The molecule has 1 aliphatic heterocycles. The predicted molar refractivity (Wildman–Crippen MR) is 167 cm³/mol. The van der Waals surface area contributed by atoms with Crippen molar-refractivity contribution in [2.45, 2.75) is 36.7 Å². The number of amidine groups is 1. The molecule has 43 heavy (non-hydrogen) atoms. The van der Waals surface area contributed by atoms with Crippen LogP contribution in [-0.4, -0.2) is 50.1 Å². The molecule has 0 radical (unpaired) electrons. The van der Waals surface area contributed by atoms with Crippen molar-refractivity contribution in [1.29, 1.82) is 5.41 Å². The summed E-state index contributed by atoms with van der Waals surface area (Å²) in [5, 5.41) is 12.4. The second-order valence-electron chi connectivity index (χ2n) is 10.8. The van der Waals surface area contributed by atoms with Gasteiger partial charge in [0.2, 0.25) is 21.8 Å². The minimum Gasteiger partial charge on any atom is -0.384 e. The van der Waals surface area contributed by atoms with Gasteiger partial charge in [-0.2, -0.15) is 4.72 Å². The molecule has 4 aromatic carbocycles. The summed E-state index contributed by atoms with van der Waals surface area (Å²) in [5.74, 6) is -0.756. The first-order valence-corrected chi connectivity index (χ1v) is 15.7. The summed E-state index contributed by atoms with van der Waals surface area (Å²) in [6, 6.07) is 27.8. The Labute approximate surface area is 251 Å². The molecule has 5 rings (SSSR count). The van der Waals surface area contributed by atoms with Gasteiger partial charge in [0.15, 0.2) is 0 Å². The Balaban J connectivity index is 1.31. The van der Waals surface area contributed by atoms with Crippen LogP contribution in [-0.2, 0) is 32.6 Å². The molecule has 0 bridgehead atoms. The zero-order valence-corrected chi connectivity index (χ0v) is 24.5. The van der Waals surface area contributed by atoms with Gasteiger partial charge in [0.05, 0.1) is 4.90 Å². The summed E-state index contributed by atoms with van der Waals surface area (Å²) in [5.41, 5.74) is 7.84. The summed E-state index contributed by atoms with van der Waals surface area (Å²) in [6.45, 7) is 1.12. The van der Waals surface area contributed by atoms with Crippen LogP contribution in [0.15, 0.2) is 102 Å². The van der Waals surface area contributed by atoms with Crippen molar-refractivity contribution in [2.75, 3.05) is 13.1 Å². The molecule has 9 nitrogen and oxygen atoms in total. The number of carbonyl (C=O) groups excluding carboxylic acids is 2. The molecule has 1 fully saturated rings. The number of nitrogens with one attached hydrogen (secondary N) is 3. The van der Waals surface area contributed by atoms with Gasteiger partial charge in [-0.3, -0.25) is 15.0 Å². The number of hydrogen-bond acceptors (Lipinski definition) is 5. The SMILES string of the molecule is N=C(N)c1cccc(CC(NS(=O)(=O)c2ccc3ccccc3c2)C(=O)N2CCC(C(=O)NCc3ccccc3)CC2)c1. The Morgan fingerprint density at radius 1 is 0.860 bits per heavy atom. The summed E-state index contributed by atoms with van der Waals surface area (Å²) < 4.78 is 29.8. The van der Waals surface area contributed by atoms with Gasteiger partial charge in [-0.15, -0.1) is 0 Å². The number of piperidine rings is 1. The molecule has 2 amide bonds. The zero-order valence-electron chi connectivity index (χ0n) is 23.7. The van der Waals surface area contributed by atoms with Crippen LogP contribution in [0, 0.1) is 11.3 Å². The largest absolute Gasteiger partial charge is 0.384 e. The van der Waals surface area contributed by atoms with E-state index in [0.717, 1.165) is 16.3 Å². The molecule has 1 saturated heterocycles. The van der Waals surface area contributed by atoms with E-state index in [1.165, 1.54) is 6.07 Å². The van der Waals surface area contributed by atoms with Gasteiger partial charge in [-0.1, -0.05) is 78.9 Å². The van der Waals surface area contributed by atoms with Crippen LogP contribution in [0.3, 0.4) is 0 Å². The Hall–Kier alpha value is -4.54. The molecule has 5 N–H and O–H groups in total. The zero-order chi connectivity index (χ0) is 30.4. The van der Waals surface area contributed by atoms with E-state index in [1.54, 1.807) is 41.3 Å². The lowest BCUT2D eigenvalue weighted by Gasteiger charge is -2.34. The van der Waals surface area contributed by atoms with Crippen molar-refractivity contribution in [1.82, 2.24) is 14.9 Å². The van der Waals surface area contributed by atoms with Gasteiger partial charge in [-0.25, -0.2) is 8.42 Å². The summed E-state index contributed by atoms with van der Waals surface area (Å²) in [4.78, 5) is 28.4. The molecule has 1 unspecified atom stereocenters. The van der Waals surface area contributed by atoms with Crippen LogP contribution in [0.4, 0.5) is 0 Å². The quantitative estimate of drug-likeness (QED) is 0.163. The number of sulfonamides is 1. The third-order valence-electron chi connectivity index (χ3n) is 7.79. The lowest BCUT2D eigenvalue weighted by Crippen LogP contribution is -2.52. The van der Waals surface area contributed by atoms with E-state index in [4.69, 9.17) is 11.1 Å². The standard InChI is InChI=1S/C33H35N5O4S/c34-31(35)28-12-6-9-24(19-28)20-30(37-43(41,42)29-14-13-25-10-4-5-11-27(25)21-29)33(40)38-17-15-26(16-18-38)32(39)36-22-23-7-2-1-3-8-23/h1-14,19,21,26,30,37H,15-18,20,22H2,(H3,34,35)(H,36,39). The van der Waals surface area contributed by atoms with Gasteiger partial charge in [0.1, 0.15) is 11.9 Å². The van der Waals surface area contributed by atoms with E-state index in [-0.39, 0.29) is 34.9 Å². The highest BCUT2D eigenvalue weighted by Crippen LogP contribution is 2.22. The third-order valence-corrected chi connectivity index (χ3v) is 9.26. The maximum atomic E-state index is 13.9. The molecular formula is C33H35N5O4S. The number of rotatable bonds is 10. The van der Waals surface area contributed by atoms with Gasteiger partial charge in [-0.05, 0) is 59.4 Å². The molecule has 0 aromatic heterocycles. The van der Waals surface area contributed by atoms with Crippen LogP contribution < -0.4 is 15.8 Å². The molecule has 1 atom stereocenters. The normalized spacial score (nSPS) is 14.7. The van der Waals surface area contributed by atoms with Gasteiger partial charge in [0.25, 0.3) is 0 Å². The van der Waals surface area contributed by atoms with Crippen molar-refractivity contribution in [2.24, 2.45) is 11.7 Å². The number of likely N-dealkylation sites (tertiary alicyclic amines) is 1. The molecule has 1 aliphatic rings. The Kier molecular flexibility index (Phi) is 9.18. The lowest BCUT2D eigenvalue weighted by atomic mass is 9.94. The first-order valence-electron chi connectivity index (χ1n) is 14.2. The number of hydrogen-bond donors (Lipinski definition) is 4. The molecule has 4 aromatic rings. The average molecular weight is 598 g/mol. The Morgan fingerprint density at radius 3 is 2.26 bits per heavy atom. The average Bonchev–Trinajstić information content (AvgIpc) is 3.03. The predicted octanol–water partition coefficient (Wildman–Crippen LogP) is 3.57. The maximum absolute atomic E-state index is 13.9. The smallest absolute Gasteiger partial charge is 0.241 e. The van der Waals surface area contributed by atoms with Crippen LogP contribution >= 0.6 is 0 Å². The van der Waals surface area contributed by atoms with E-state index in [2.05, 4.69) is 10.0 Å². The second-order valence-corrected chi connectivity index (χ2v) is 12.5. The van der Waals surface area contributed by atoms with E-state index in [1.807, 2.05) is 54.6 Å². The van der Waals surface area contributed by atoms with Gasteiger partial charge in [0, 0.05) is 31.1 Å². The fourth-order valence-electron chi connectivity index (χ4n) is 5.38. The van der Waals surface area contributed by atoms with Crippen molar-refractivity contribution in [3.63, 3.8) is 0 Å². The van der Waals surface area contributed by atoms with E-state index in [9.17, 15) is 18.0 Å². The highest BCUT2D eigenvalue weighted by atomic mass is 32.2. The number of nitrogens with zero attached hydrogens (tertiary/aromatic N) is 1. The van der Waals surface area contributed by atoms with Crippen LogP contribution in [0.2, 0.25) is 0 Å². The van der Waals surface area contributed by atoms with Crippen LogP contribution in [0.1, 0.15) is 29.5 Å². The molecule has 222 valence electrons. The molecule has 1 heterocycles. The number of nitrogen functional groups attached to an aromatic ring is 1. The minimum atomic E-state index is -4.07. The second kappa shape index (κ2) is 13.2. The lowest BCUT2D eigenvalue weighted by molar-refractivity contribution is -0.137. The summed E-state index contributed by atoms with van der Waals surface area (Å²) in [6.07, 6.45) is 1.04. The molecule has 0 saturated carbocycles. The minimum absolute atomic E-state index is 0.0504. The highest BCUT2D eigenvalue weighted by Gasteiger charge is 2.33. The van der Waals surface area contributed by atoms with Crippen molar-refractivity contribution in [3.05, 3.63) is 114 Å². The topological polar surface area (TPSA) is 145 Å². The first-order chi connectivity index (χ1) is 20.7. The number of carbonyl (C=O) groups is 2. The van der Waals surface area contributed by atoms with Crippen molar-refractivity contribution < 1.29 is 18.0 Å². The highest BCUT2D eigenvalue weighted by molar-refractivity contribution is 7.89. The fourth-order valence-corrected chi connectivity index (χ4v) is 6.61. The van der Waals surface area contributed by atoms with E-state index >= 15 is 0 Å². The fraction of sp³-hybridized carbons (Fsp3) is 0.242. The van der Waals surface area contributed by atoms with Gasteiger partial charge >= 0.3 is 0 Å². The maximum Gasteiger partial charge on any atom is 0.241 e. The molecule has 0 spiro atoms. The van der Waals surface area contributed by atoms with Gasteiger partial charge < -0.3 is 16.0 Å². The monoisotopic (exact) mass is 597 g/mol. The van der Waals surface area contributed by atoms with Crippen LogP contribution in [0.25, 0.3) is 10.8 Å². The number of benzene rings is 4.